The summed E-state index contributed by atoms with van der Waals surface area (Å²) in [5.41, 5.74) is -0.382. The third kappa shape index (κ3) is 2.65. The van der Waals surface area contributed by atoms with E-state index in [2.05, 4.69) is 4.98 Å². The third-order valence-corrected chi connectivity index (χ3v) is 3.94. The highest BCUT2D eigenvalue weighted by molar-refractivity contribution is 14.1. The van der Waals surface area contributed by atoms with Gasteiger partial charge < -0.3 is 9.52 Å². The number of halogens is 4. The molecule has 2 aromatic rings. The molecule has 0 aliphatic rings. The zero-order valence-corrected chi connectivity index (χ0v) is 12.1. The lowest BCUT2D eigenvalue weighted by molar-refractivity contribution is -0.141. The van der Waals surface area contributed by atoms with E-state index in [1.54, 1.807) is 19.1 Å². The molecule has 0 atom stereocenters. The summed E-state index contributed by atoms with van der Waals surface area (Å²) in [5, 5.41) is 8.78. The van der Waals surface area contributed by atoms with Gasteiger partial charge in [0.05, 0.1) is 5.56 Å². The number of oxazole rings is 1. The number of rotatable bonds is 2. The van der Waals surface area contributed by atoms with Gasteiger partial charge in [-0.3, -0.25) is 0 Å². The second-order valence-electron chi connectivity index (χ2n) is 3.94. The lowest BCUT2D eigenvalue weighted by Gasteiger charge is -2.02. The maximum atomic E-state index is 12.7. The van der Waals surface area contributed by atoms with E-state index >= 15 is 0 Å². The number of carboxylic acid groups (broad SMARTS) is 1. The van der Waals surface area contributed by atoms with Gasteiger partial charge in [0, 0.05) is 3.57 Å². The Morgan fingerprint density at radius 1 is 1.40 bits per heavy atom. The molecule has 1 aromatic carbocycles. The number of nitrogens with zero attached hydrogens (tertiary/aromatic N) is 1. The zero-order valence-electron chi connectivity index (χ0n) is 9.95. The van der Waals surface area contributed by atoms with Crippen molar-refractivity contribution < 1.29 is 27.5 Å². The number of aryl methyl sites for hydroxylation is 1. The van der Waals surface area contributed by atoms with Gasteiger partial charge in [-0.1, -0.05) is 12.1 Å². The monoisotopic (exact) mass is 397 g/mol. The summed E-state index contributed by atoms with van der Waals surface area (Å²) in [5.74, 6) is -3.37. The number of hydrogen-bond acceptors (Lipinski definition) is 3. The fourth-order valence-electron chi connectivity index (χ4n) is 1.59. The molecule has 8 heteroatoms. The van der Waals surface area contributed by atoms with Crippen molar-refractivity contribution >= 4 is 28.6 Å². The van der Waals surface area contributed by atoms with Gasteiger partial charge in [0.1, 0.15) is 0 Å². The van der Waals surface area contributed by atoms with Gasteiger partial charge in [0.25, 0.3) is 0 Å². The van der Waals surface area contributed by atoms with Crippen molar-refractivity contribution in [1.82, 2.24) is 4.98 Å². The first-order valence-electron chi connectivity index (χ1n) is 5.28. The Labute approximate surface area is 124 Å². The van der Waals surface area contributed by atoms with Gasteiger partial charge in [0.15, 0.2) is 5.69 Å². The molecule has 20 heavy (non-hydrogen) atoms. The van der Waals surface area contributed by atoms with Crippen LogP contribution in [-0.2, 0) is 6.18 Å². The number of aromatic nitrogens is 1. The summed E-state index contributed by atoms with van der Waals surface area (Å²) in [4.78, 5) is 14.1. The molecule has 1 heterocycles. The molecular formula is C12H7F3INO3. The normalized spacial score (nSPS) is 11.7. The number of hydrogen-bond donors (Lipinski definition) is 1. The SMILES string of the molecule is Cc1cccc(-c2nc(C(F)(F)F)c(C(=O)O)o2)c1I. The van der Waals surface area contributed by atoms with Crippen LogP contribution in [0.3, 0.4) is 0 Å². The molecule has 0 radical (unpaired) electrons. The van der Waals surface area contributed by atoms with E-state index in [1.807, 2.05) is 22.6 Å². The lowest BCUT2D eigenvalue weighted by atomic mass is 10.1. The van der Waals surface area contributed by atoms with Crippen molar-refractivity contribution in [2.24, 2.45) is 0 Å². The van der Waals surface area contributed by atoms with Crippen LogP contribution in [0.4, 0.5) is 13.2 Å². The molecule has 4 nitrogen and oxygen atoms in total. The Bertz CT molecular complexity index is 679. The summed E-state index contributed by atoms with van der Waals surface area (Å²) >= 11 is 1.94. The summed E-state index contributed by atoms with van der Waals surface area (Å²) in [7, 11) is 0. The number of alkyl halides is 3. The standard InChI is InChI=1S/C12H7F3INO3/c1-5-3-2-4-6(7(5)16)10-17-9(12(13,14)15)8(20-10)11(18)19/h2-4H,1H3,(H,18,19). The summed E-state index contributed by atoms with van der Waals surface area (Å²) < 4.78 is 43.6. The first-order valence-corrected chi connectivity index (χ1v) is 6.36. The molecule has 2 rings (SSSR count). The molecule has 1 N–H and O–H groups in total. The maximum absolute atomic E-state index is 12.7. The van der Waals surface area contributed by atoms with Crippen LogP contribution < -0.4 is 0 Å². The van der Waals surface area contributed by atoms with Crippen molar-refractivity contribution in [1.29, 1.82) is 0 Å². The highest BCUT2D eigenvalue weighted by atomic mass is 127. The van der Waals surface area contributed by atoms with Crippen molar-refractivity contribution in [3.05, 3.63) is 38.8 Å². The smallest absolute Gasteiger partial charge is 0.437 e. The highest BCUT2D eigenvalue weighted by Gasteiger charge is 2.41. The van der Waals surface area contributed by atoms with E-state index < -0.39 is 23.6 Å². The Hall–Kier alpha value is -1.58. The first kappa shape index (κ1) is 14.8. The van der Waals surface area contributed by atoms with Gasteiger partial charge in [-0.25, -0.2) is 9.78 Å². The molecule has 0 aliphatic heterocycles. The summed E-state index contributed by atoms with van der Waals surface area (Å²) in [6, 6.07) is 4.92. The van der Waals surface area contributed by atoms with Gasteiger partial charge in [-0.05, 0) is 41.1 Å². The average Bonchev–Trinajstić information content (AvgIpc) is 2.77. The van der Waals surface area contributed by atoms with Crippen LogP contribution in [-0.4, -0.2) is 16.1 Å². The Kier molecular flexibility index (Phi) is 3.76. The van der Waals surface area contributed by atoms with Gasteiger partial charge >= 0.3 is 12.1 Å². The fraction of sp³-hybridized carbons (Fsp3) is 0.167. The quantitative estimate of drug-likeness (QED) is 0.780. The maximum Gasteiger partial charge on any atom is 0.437 e. The van der Waals surface area contributed by atoms with Crippen LogP contribution in [0.15, 0.2) is 22.6 Å². The van der Waals surface area contributed by atoms with Gasteiger partial charge in [0.2, 0.25) is 11.7 Å². The van der Waals surface area contributed by atoms with Crippen LogP contribution in [0.1, 0.15) is 21.8 Å². The second-order valence-corrected chi connectivity index (χ2v) is 5.01. The Morgan fingerprint density at radius 3 is 2.55 bits per heavy atom. The minimum Gasteiger partial charge on any atom is -0.475 e. The Balaban J connectivity index is 2.65. The van der Waals surface area contributed by atoms with E-state index in [0.29, 0.717) is 9.13 Å². The Morgan fingerprint density at radius 2 is 2.05 bits per heavy atom. The molecule has 0 amide bonds. The first-order chi connectivity index (χ1) is 9.21. The van der Waals surface area contributed by atoms with Crippen LogP contribution in [0.2, 0.25) is 0 Å². The average molecular weight is 397 g/mol. The number of aromatic carboxylic acids is 1. The van der Waals surface area contributed by atoms with Crippen molar-refractivity contribution in [3.63, 3.8) is 0 Å². The minimum absolute atomic E-state index is 0.323. The number of carbonyl (C=O) groups is 1. The summed E-state index contributed by atoms with van der Waals surface area (Å²) in [6.07, 6.45) is -4.88. The van der Waals surface area contributed by atoms with E-state index in [1.165, 1.54) is 6.07 Å². The second kappa shape index (κ2) is 5.08. The molecular weight excluding hydrogens is 390 g/mol. The number of carboxylic acids is 1. The predicted molar refractivity (Wildman–Crippen MR) is 71.4 cm³/mol. The highest BCUT2D eigenvalue weighted by Crippen LogP contribution is 2.35. The minimum atomic E-state index is -4.88. The van der Waals surface area contributed by atoms with E-state index in [9.17, 15) is 18.0 Å². The van der Waals surface area contributed by atoms with E-state index in [0.717, 1.165) is 5.56 Å². The summed E-state index contributed by atoms with van der Waals surface area (Å²) in [6.45, 7) is 1.77. The fourth-order valence-corrected chi connectivity index (χ4v) is 2.18. The van der Waals surface area contributed by atoms with Crippen molar-refractivity contribution in [3.8, 4) is 11.5 Å². The molecule has 0 saturated heterocycles. The molecule has 106 valence electrons. The molecule has 1 aromatic heterocycles. The lowest BCUT2D eigenvalue weighted by Crippen LogP contribution is -2.11. The van der Waals surface area contributed by atoms with Crippen LogP contribution in [0, 0.1) is 10.5 Å². The molecule has 0 saturated carbocycles. The zero-order chi connectivity index (χ0) is 15.1. The van der Waals surface area contributed by atoms with Crippen molar-refractivity contribution in [2.45, 2.75) is 13.1 Å². The van der Waals surface area contributed by atoms with Gasteiger partial charge in [-0.2, -0.15) is 13.2 Å². The molecule has 0 bridgehead atoms. The third-order valence-electron chi connectivity index (χ3n) is 2.51. The predicted octanol–water partition coefficient (Wildman–Crippen LogP) is 3.97. The largest absolute Gasteiger partial charge is 0.475 e. The van der Waals surface area contributed by atoms with Crippen molar-refractivity contribution in [2.75, 3.05) is 0 Å². The molecule has 0 spiro atoms. The van der Waals surface area contributed by atoms with Crippen LogP contribution >= 0.6 is 22.6 Å². The topological polar surface area (TPSA) is 63.3 Å². The van der Waals surface area contributed by atoms with Crippen LogP contribution in [0.25, 0.3) is 11.5 Å². The molecule has 0 fully saturated rings. The molecule has 0 unspecified atom stereocenters. The molecule has 0 aliphatic carbocycles. The van der Waals surface area contributed by atoms with E-state index in [-0.39, 0.29) is 5.89 Å². The van der Waals surface area contributed by atoms with Crippen LogP contribution in [0.5, 0.6) is 0 Å². The van der Waals surface area contributed by atoms with E-state index in [4.69, 9.17) is 9.52 Å². The van der Waals surface area contributed by atoms with Gasteiger partial charge in [-0.15, -0.1) is 0 Å². The number of benzene rings is 1.